The number of benzene rings is 1. The van der Waals surface area contributed by atoms with Crippen molar-refractivity contribution in [3.63, 3.8) is 0 Å². The molecule has 1 fully saturated rings. The Balaban J connectivity index is 1.96. The normalized spacial score (nSPS) is 21.8. The molecule has 0 aromatic heterocycles. The Morgan fingerprint density at radius 2 is 1.82 bits per heavy atom. The van der Waals surface area contributed by atoms with Gasteiger partial charge in [0.25, 0.3) is 0 Å². The standard InChI is InChI=1S/C19H26F2O/c1-2-3-4-7-14-8-5-6-9-15(14)13-19(22)16-10-11-17(20)18(21)12-16/h10-12,14-15H,2-9,13H2,1H3. The van der Waals surface area contributed by atoms with Gasteiger partial charge in [0.2, 0.25) is 0 Å². The van der Waals surface area contributed by atoms with Gasteiger partial charge < -0.3 is 0 Å². The summed E-state index contributed by atoms with van der Waals surface area (Å²) in [5.41, 5.74) is 0.303. The summed E-state index contributed by atoms with van der Waals surface area (Å²) in [6, 6.07) is 3.48. The van der Waals surface area contributed by atoms with Gasteiger partial charge in [-0.2, -0.15) is 0 Å². The molecule has 0 bridgehead atoms. The molecule has 1 aromatic carbocycles. The third-order valence-corrected chi connectivity index (χ3v) is 4.93. The van der Waals surface area contributed by atoms with Crippen LogP contribution in [0.15, 0.2) is 18.2 Å². The van der Waals surface area contributed by atoms with Gasteiger partial charge in [-0.3, -0.25) is 4.79 Å². The van der Waals surface area contributed by atoms with Gasteiger partial charge in [-0.15, -0.1) is 0 Å². The van der Waals surface area contributed by atoms with E-state index in [4.69, 9.17) is 0 Å². The van der Waals surface area contributed by atoms with Gasteiger partial charge in [-0.1, -0.05) is 51.9 Å². The average molecular weight is 308 g/mol. The van der Waals surface area contributed by atoms with Crippen LogP contribution in [0.1, 0.15) is 75.1 Å². The molecule has 122 valence electrons. The molecule has 0 saturated heterocycles. The smallest absolute Gasteiger partial charge is 0.163 e. The Morgan fingerprint density at radius 1 is 1.09 bits per heavy atom. The van der Waals surface area contributed by atoms with E-state index in [1.54, 1.807) is 0 Å². The van der Waals surface area contributed by atoms with Crippen LogP contribution < -0.4 is 0 Å². The van der Waals surface area contributed by atoms with Crippen LogP contribution >= 0.6 is 0 Å². The molecule has 0 radical (unpaired) electrons. The Labute approximate surface area is 132 Å². The minimum atomic E-state index is -0.936. The molecule has 3 heteroatoms. The Kier molecular flexibility index (Phi) is 6.53. The zero-order valence-corrected chi connectivity index (χ0v) is 13.4. The van der Waals surface area contributed by atoms with Crippen molar-refractivity contribution in [1.29, 1.82) is 0 Å². The molecule has 0 amide bonds. The molecule has 1 aromatic rings. The van der Waals surface area contributed by atoms with Crippen LogP contribution in [0.3, 0.4) is 0 Å². The molecule has 0 spiro atoms. The molecule has 1 aliphatic carbocycles. The van der Waals surface area contributed by atoms with Crippen molar-refractivity contribution in [1.82, 2.24) is 0 Å². The van der Waals surface area contributed by atoms with E-state index in [1.807, 2.05) is 0 Å². The van der Waals surface area contributed by atoms with E-state index in [9.17, 15) is 13.6 Å². The van der Waals surface area contributed by atoms with Crippen molar-refractivity contribution < 1.29 is 13.6 Å². The number of hydrogen-bond donors (Lipinski definition) is 0. The molecule has 1 nitrogen and oxygen atoms in total. The molecule has 1 aliphatic rings. The number of rotatable bonds is 7. The van der Waals surface area contributed by atoms with Crippen LogP contribution in [0.2, 0.25) is 0 Å². The first kappa shape index (κ1) is 17.1. The average Bonchev–Trinajstić information content (AvgIpc) is 2.52. The molecule has 22 heavy (non-hydrogen) atoms. The number of ketones is 1. The summed E-state index contributed by atoms with van der Waals surface area (Å²) in [6.07, 6.45) is 10.1. The molecule has 2 rings (SSSR count). The van der Waals surface area contributed by atoms with Crippen LogP contribution in [0.4, 0.5) is 8.78 Å². The first-order chi connectivity index (χ1) is 10.6. The van der Waals surface area contributed by atoms with Gasteiger partial charge in [-0.25, -0.2) is 8.78 Å². The summed E-state index contributed by atoms with van der Waals surface area (Å²) in [4.78, 5) is 12.4. The van der Waals surface area contributed by atoms with Crippen molar-refractivity contribution in [2.45, 2.75) is 64.7 Å². The van der Waals surface area contributed by atoms with E-state index in [2.05, 4.69) is 6.92 Å². The third-order valence-electron chi connectivity index (χ3n) is 4.93. The topological polar surface area (TPSA) is 17.1 Å². The second-order valence-electron chi connectivity index (χ2n) is 6.56. The highest BCUT2D eigenvalue weighted by molar-refractivity contribution is 5.96. The largest absolute Gasteiger partial charge is 0.294 e. The van der Waals surface area contributed by atoms with Gasteiger partial charge in [0.1, 0.15) is 0 Å². The fourth-order valence-corrected chi connectivity index (χ4v) is 3.62. The minimum Gasteiger partial charge on any atom is -0.294 e. The Bertz CT molecular complexity index is 498. The number of unbranched alkanes of at least 4 members (excludes halogenated alkanes) is 2. The molecule has 2 unspecified atom stereocenters. The van der Waals surface area contributed by atoms with Crippen LogP contribution in [-0.2, 0) is 0 Å². The van der Waals surface area contributed by atoms with Crippen LogP contribution in [-0.4, -0.2) is 5.78 Å². The van der Waals surface area contributed by atoms with Gasteiger partial charge in [0, 0.05) is 12.0 Å². The van der Waals surface area contributed by atoms with Gasteiger partial charge in [0.05, 0.1) is 0 Å². The van der Waals surface area contributed by atoms with Crippen molar-refractivity contribution >= 4 is 5.78 Å². The highest BCUT2D eigenvalue weighted by Crippen LogP contribution is 2.36. The van der Waals surface area contributed by atoms with E-state index in [0.717, 1.165) is 18.6 Å². The van der Waals surface area contributed by atoms with Gasteiger partial charge in [-0.05, 0) is 36.5 Å². The first-order valence-corrected chi connectivity index (χ1v) is 8.60. The van der Waals surface area contributed by atoms with E-state index in [0.29, 0.717) is 23.8 Å². The number of halogens is 2. The van der Waals surface area contributed by atoms with Crippen molar-refractivity contribution in [2.75, 3.05) is 0 Å². The van der Waals surface area contributed by atoms with Gasteiger partial charge >= 0.3 is 0 Å². The maximum Gasteiger partial charge on any atom is 0.163 e. The summed E-state index contributed by atoms with van der Waals surface area (Å²) in [5.74, 6) is -0.854. The lowest BCUT2D eigenvalue weighted by molar-refractivity contribution is 0.0915. The lowest BCUT2D eigenvalue weighted by atomic mass is 9.74. The van der Waals surface area contributed by atoms with Crippen LogP contribution in [0, 0.1) is 23.5 Å². The van der Waals surface area contributed by atoms with E-state index < -0.39 is 11.6 Å². The Hall–Kier alpha value is -1.25. The molecule has 2 atom stereocenters. The second-order valence-corrected chi connectivity index (χ2v) is 6.56. The zero-order valence-electron chi connectivity index (χ0n) is 13.4. The monoisotopic (exact) mass is 308 g/mol. The van der Waals surface area contributed by atoms with E-state index in [1.165, 1.54) is 51.0 Å². The molecule has 0 N–H and O–H groups in total. The van der Waals surface area contributed by atoms with E-state index in [-0.39, 0.29) is 5.78 Å². The maximum absolute atomic E-state index is 13.3. The molecule has 0 aliphatic heterocycles. The molecule has 1 saturated carbocycles. The zero-order chi connectivity index (χ0) is 15.9. The van der Waals surface area contributed by atoms with E-state index >= 15 is 0 Å². The van der Waals surface area contributed by atoms with Crippen molar-refractivity contribution in [2.24, 2.45) is 11.8 Å². The highest BCUT2D eigenvalue weighted by atomic mass is 19.2. The minimum absolute atomic E-state index is 0.0497. The maximum atomic E-state index is 13.3. The summed E-state index contributed by atoms with van der Waals surface area (Å²) in [6.45, 7) is 2.20. The summed E-state index contributed by atoms with van der Waals surface area (Å²) < 4.78 is 26.2. The fourth-order valence-electron chi connectivity index (χ4n) is 3.62. The number of carbonyl (C=O) groups excluding carboxylic acids is 1. The molecule has 0 heterocycles. The fraction of sp³-hybridized carbons (Fsp3) is 0.632. The quantitative estimate of drug-likeness (QED) is 0.451. The predicted octanol–water partition coefficient (Wildman–Crippen LogP) is 5.92. The number of Topliss-reactive ketones (excluding diaryl/α,β-unsaturated/α-hetero) is 1. The predicted molar refractivity (Wildman–Crippen MR) is 84.9 cm³/mol. The molecular formula is C19H26F2O. The SMILES string of the molecule is CCCCCC1CCCCC1CC(=O)c1ccc(F)c(F)c1. The first-order valence-electron chi connectivity index (χ1n) is 8.60. The van der Waals surface area contributed by atoms with Crippen molar-refractivity contribution in [3.8, 4) is 0 Å². The third kappa shape index (κ3) is 4.62. The second kappa shape index (κ2) is 8.40. The van der Waals surface area contributed by atoms with Crippen LogP contribution in [0.25, 0.3) is 0 Å². The van der Waals surface area contributed by atoms with Crippen molar-refractivity contribution in [3.05, 3.63) is 35.4 Å². The lowest BCUT2D eigenvalue weighted by Gasteiger charge is -2.31. The van der Waals surface area contributed by atoms with Crippen LogP contribution in [0.5, 0.6) is 0 Å². The summed E-state index contributed by atoms with van der Waals surface area (Å²) >= 11 is 0. The summed E-state index contributed by atoms with van der Waals surface area (Å²) in [5, 5.41) is 0. The highest BCUT2D eigenvalue weighted by Gasteiger charge is 2.27. The lowest BCUT2D eigenvalue weighted by Crippen LogP contribution is -2.22. The number of hydrogen-bond acceptors (Lipinski definition) is 1. The molecular weight excluding hydrogens is 282 g/mol. The van der Waals surface area contributed by atoms with Gasteiger partial charge in [0.15, 0.2) is 17.4 Å². The number of carbonyl (C=O) groups is 1. The Morgan fingerprint density at radius 3 is 2.50 bits per heavy atom. The summed E-state index contributed by atoms with van der Waals surface area (Å²) in [7, 11) is 0.